The predicted molar refractivity (Wildman–Crippen MR) is 153 cm³/mol. The first-order valence-corrected chi connectivity index (χ1v) is 14.0. The molecule has 4 N–H and O–H groups in total. The van der Waals surface area contributed by atoms with Crippen molar-refractivity contribution in [1.29, 1.82) is 0 Å². The van der Waals surface area contributed by atoms with Crippen molar-refractivity contribution >= 4 is 57.7 Å². The van der Waals surface area contributed by atoms with Gasteiger partial charge in [-0.15, -0.1) is 0 Å². The summed E-state index contributed by atoms with van der Waals surface area (Å²) in [4.78, 5) is 66.3. The number of hydrogen-bond donors (Lipinski definition) is 4. The fourth-order valence-corrected chi connectivity index (χ4v) is 5.39. The van der Waals surface area contributed by atoms with E-state index in [9.17, 15) is 24.3 Å². The van der Waals surface area contributed by atoms with E-state index in [-0.39, 0.29) is 48.1 Å². The van der Waals surface area contributed by atoms with E-state index in [1.54, 1.807) is 36.1 Å². The summed E-state index contributed by atoms with van der Waals surface area (Å²) in [6.07, 6.45) is 0.0677. The van der Waals surface area contributed by atoms with Crippen LogP contribution >= 0.6 is 11.3 Å². The van der Waals surface area contributed by atoms with E-state index < -0.39 is 5.97 Å². The van der Waals surface area contributed by atoms with E-state index in [4.69, 9.17) is 0 Å². The molecular formula is C27H30N8O5S. The van der Waals surface area contributed by atoms with Gasteiger partial charge in [0.2, 0.25) is 17.8 Å². The highest BCUT2D eigenvalue weighted by Gasteiger charge is 2.35. The standard InChI is InChI=1S/C27H30N8O5S/c1-14(2)11-29-24(38)17-6-4-16(5-7-17)12-35-20(37)10-18-22(34-9-8-28-19(36)13-34)31-26(32-23(18)35)33-27-30-15(3)21(41-27)25(39)40/h4-7,14H,8-13H2,1-3H3,(H,28,36)(H,29,38)(H,39,40)(H,30,31,32,33). The van der Waals surface area contributed by atoms with Gasteiger partial charge in [-0.3, -0.25) is 24.6 Å². The lowest BCUT2D eigenvalue weighted by atomic mass is 10.1. The second-order valence-electron chi connectivity index (χ2n) is 10.3. The van der Waals surface area contributed by atoms with Gasteiger partial charge >= 0.3 is 5.97 Å². The van der Waals surface area contributed by atoms with Gasteiger partial charge in [0.15, 0.2) is 5.13 Å². The summed E-state index contributed by atoms with van der Waals surface area (Å²) in [7, 11) is 0. The van der Waals surface area contributed by atoms with Crippen molar-refractivity contribution in [2.75, 3.05) is 41.3 Å². The summed E-state index contributed by atoms with van der Waals surface area (Å²) in [6.45, 7) is 7.46. The number of carbonyl (C=O) groups excluding carboxylic acids is 3. The second kappa shape index (κ2) is 11.5. The molecule has 2 aliphatic rings. The molecule has 214 valence electrons. The van der Waals surface area contributed by atoms with Gasteiger partial charge in [-0.1, -0.05) is 37.3 Å². The number of anilines is 4. The molecule has 13 nitrogen and oxygen atoms in total. The molecule has 2 aromatic heterocycles. The Morgan fingerprint density at radius 1 is 1.12 bits per heavy atom. The van der Waals surface area contributed by atoms with Gasteiger partial charge in [0.1, 0.15) is 16.5 Å². The number of amides is 3. The molecule has 1 fully saturated rings. The fraction of sp³-hybridized carbons (Fsp3) is 0.370. The maximum Gasteiger partial charge on any atom is 0.347 e. The number of nitrogens with one attached hydrogen (secondary N) is 3. The van der Waals surface area contributed by atoms with Crippen LogP contribution in [-0.4, -0.2) is 69.9 Å². The van der Waals surface area contributed by atoms with Crippen molar-refractivity contribution in [3.8, 4) is 0 Å². The molecule has 14 heteroatoms. The van der Waals surface area contributed by atoms with Crippen LogP contribution < -0.4 is 25.8 Å². The summed E-state index contributed by atoms with van der Waals surface area (Å²) < 4.78 is 0. The van der Waals surface area contributed by atoms with Gasteiger partial charge in [-0.2, -0.15) is 9.97 Å². The third-order valence-corrected chi connectivity index (χ3v) is 7.68. The lowest BCUT2D eigenvalue weighted by Gasteiger charge is -2.29. The summed E-state index contributed by atoms with van der Waals surface area (Å²) in [5.41, 5.74) is 2.31. The second-order valence-corrected chi connectivity index (χ2v) is 11.3. The average molecular weight is 579 g/mol. The highest BCUT2D eigenvalue weighted by atomic mass is 32.1. The zero-order valence-corrected chi connectivity index (χ0v) is 23.7. The van der Waals surface area contributed by atoms with E-state index in [1.165, 1.54) is 0 Å². The molecule has 4 heterocycles. The normalized spacial score (nSPS) is 14.7. The highest BCUT2D eigenvalue weighted by molar-refractivity contribution is 7.17. The van der Waals surface area contributed by atoms with Gasteiger partial charge in [0, 0.05) is 30.8 Å². The molecule has 0 unspecified atom stereocenters. The molecule has 0 atom stereocenters. The SMILES string of the molecule is Cc1nc(Nc2nc(N3CCNC(=O)C3)c3c(n2)N(Cc2ccc(C(=O)NCC(C)C)cc2)C(=O)C3)sc1C(=O)O. The molecule has 3 aromatic rings. The Balaban J connectivity index is 1.45. The number of piperazine rings is 1. The van der Waals surface area contributed by atoms with Crippen LogP contribution in [0.5, 0.6) is 0 Å². The number of carboxylic acids is 1. The third-order valence-electron chi connectivity index (χ3n) is 6.62. The number of aromatic nitrogens is 3. The Bertz CT molecular complexity index is 1520. The van der Waals surface area contributed by atoms with Crippen LogP contribution in [0, 0.1) is 12.8 Å². The number of benzene rings is 1. The molecule has 0 aliphatic carbocycles. The first-order chi connectivity index (χ1) is 19.6. The molecule has 1 saturated heterocycles. The van der Waals surface area contributed by atoms with E-state index in [1.807, 2.05) is 18.7 Å². The predicted octanol–water partition coefficient (Wildman–Crippen LogP) is 2.09. The number of nitrogens with zero attached hydrogens (tertiary/aromatic N) is 5. The van der Waals surface area contributed by atoms with Crippen LogP contribution in [0.25, 0.3) is 0 Å². The Morgan fingerprint density at radius 2 is 1.85 bits per heavy atom. The Hall–Kier alpha value is -4.59. The number of aromatic carboxylic acids is 1. The van der Waals surface area contributed by atoms with Gasteiger partial charge in [-0.05, 0) is 30.5 Å². The zero-order chi connectivity index (χ0) is 29.3. The number of thiazole rings is 1. The maximum atomic E-state index is 13.3. The molecule has 0 radical (unpaired) electrons. The summed E-state index contributed by atoms with van der Waals surface area (Å²) >= 11 is 0.957. The van der Waals surface area contributed by atoms with Gasteiger partial charge in [0.05, 0.1) is 25.2 Å². The average Bonchev–Trinajstić information content (AvgIpc) is 3.45. The topological polar surface area (TPSA) is 170 Å². The van der Waals surface area contributed by atoms with Crippen molar-refractivity contribution < 1.29 is 24.3 Å². The number of carbonyl (C=O) groups is 4. The first-order valence-electron chi connectivity index (χ1n) is 13.2. The van der Waals surface area contributed by atoms with Crippen LogP contribution in [0.15, 0.2) is 24.3 Å². The maximum absolute atomic E-state index is 13.3. The molecule has 0 spiro atoms. The summed E-state index contributed by atoms with van der Waals surface area (Å²) in [5.74, 6) is -0.231. The number of carboxylic acid groups (broad SMARTS) is 1. The molecule has 0 saturated carbocycles. The van der Waals surface area contributed by atoms with Gasteiger partial charge in [0.25, 0.3) is 5.91 Å². The minimum Gasteiger partial charge on any atom is -0.477 e. The van der Waals surface area contributed by atoms with E-state index in [0.717, 1.165) is 16.9 Å². The van der Waals surface area contributed by atoms with Crippen molar-refractivity contribution in [3.63, 3.8) is 0 Å². The summed E-state index contributed by atoms with van der Waals surface area (Å²) in [5, 5.41) is 18.4. The van der Waals surface area contributed by atoms with Crippen LogP contribution in [0.4, 0.5) is 22.7 Å². The number of aryl methyl sites for hydroxylation is 1. The summed E-state index contributed by atoms with van der Waals surface area (Å²) in [6, 6.07) is 7.05. The minimum absolute atomic E-state index is 0.0677. The van der Waals surface area contributed by atoms with E-state index in [0.29, 0.717) is 59.1 Å². The fourth-order valence-electron chi connectivity index (χ4n) is 4.59. The molecular weight excluding hydrogens is 548 g/mol. The van der Waals surface area contributed by atoms with Crippen LogP contribution in [-0.2, 0) is 22.6 Å². The van der Waals surface area contributed by atoms with Crippen molar-refractivity contribution in [1.82, 2.24) is 25.6 Å². The largest absolute Gasteiger partial charge is 0.477 e. The minimum atomic E-state index is -1.08. The quantitative estimate of drug-likeness (QED) is 0.295. The molecule has 2 aliphatic heterocycles. The van der Waals surface area contributed by atoms with Crippen LogP contribution in [0.1, 0.15) is 50.7 Å². The molecule has 3 amide bonds. The molecule has 41 heavy (non-hydrogen) atoms. The first kappa shape index (κ1) is 28.0. The molecule has 0 bridgehead atoms. The smallest absolute Gasteiger partial charge is 0.347 e. The molecule has 5 rings (SSSR count). The Labute approximate surface area is 240 Å². The Morgan fingerprint density at radius 3 is 2.51 bits per heavy atom. The van der Waals surface area contributed by atoms with Crippen LogP contribution in [0.3, 0.4) is 0 Å². The number of fused-ring (bicyclic) bond motifs is 1. The van der Waals surface area contributed by atoms with Crippen LogP contribution in [0.2, 0.25) is 0 Å². The lowest BCUT2D eigenvalue weighted by molar-refractivity contribution is -0.120. The molecule has 1 aromatic carbocycles. The highest BCUT2D eigenvalue weighted by Crippen LogP contribution is 2.37. The monoisotopic (exact) mass is 578 g/mol. The van der Waals surface area contributed by atoms with E-state index >= 15 is 0 Å². The van der Waals surface area contributed by atoms with Crippen molar-refractivity contribution in [3.05, 3.63) is 51.5 Å². The Kier molecular flexibility index (Phi) is 7.83. The third kappa shape index (κ3) is 6.11. The van der Waals surface area contributed by atoms with Crippen molar-refractivity contribution in [2.45, 2.75) is 33.7 Å². The number of rotatable bonds is 9. The zero-order valence-electron chi connectivity index (χ0n) is 22.9. The lowest BCUT2D eigenvalue weighted by Crippen LogP contribution is -2.48. The van der Waals surface area contributed by atoms with Gasteiger partial charge < -0.3 is 20.6 Å². The van der Waals surface area contributed by atoms with Crippen molar-refractivity contribution in [2.24, 2.45) is 5.92 Å². The van der Waals surface area contributed by atoms with Gasteiger partial charge in [-0.25, -0.2) is 9.78 Å². The van der Waals surface area contributed by atoms with E-state index in [2.05, 4.69) is 30.9 Å². The number of hydrogen-bond acceptors (Lipinski definition) is 10.